The lowest BCUT2D eigenvalue weighted by Gasteiger charge is -2.23. The van der Waals surface area contributed by atoms with Gasteiger partial charge in [0.15, 0.2) is 0 Å². The lowest BCUT2D eigenvalue weighted by atomic mass is 9.98. The van der Waals surface area contributed by atoms with Gasteiger partial charge in [-0.1, -0.05) is 68.4 Å². The van der Waals surface area contributed by atoms with Gasteiger partial charge in [0, 0.05) is 10.9 Å². The molecule has 0 aliphatic carbocycles. The van der Waals surface area contributed by atoms with Crippen molar-refractivity contribution in [1.82, 2.24) is 0 Å². The monoisotopic (exact) mass is 526 g/mol. The van der Waals surface area contributed by atoms with Gasteiger partial charge in [0.05, 0.1) is 16.7 Å². The Morgan fingerprint density at radius 1 is 0.639 bits per heavy atom. The highest BCUT2D eigenvalue weighted by Crippen LogP contribution is 2.55. The van der Waals surface area contributed by atoms with E-state index in [-0.39, 0.29) is 18.4 Å². The number of aryl methyl sites for hydroxylation is 2. The fraction of sp³-hybridized carbons (Fsp3) is 0.231. The molecule has 3 nitrogen and oxygen atoms in total. The highest BCUT2D eigenvalue weighted by molar-refractivity contribution is 8.01. The molecule has 0 saturated heterocycles. The van der Waals surface area contributed by atoms with Crippen molar-refractivity contribution in [2.24, 2.45) is 0 Å². The first-order valence-corrected chi connectivity index (χ1v) is 12.6. The normalized spacial score (nSPS) is 13.8. The molecule has 0 aromatic heterocycles. The van der Waals surface area contributed by atoms with E-state index in [2.05, 4.69) is 0 Å². The third kappa shape index (κ3) is 4.89. The number of hydrogen-bond acceptors (Lipinski definition) is 3. The second-order valence-corrected chi connectivity index (χ2v) is 10.5. The van der Waals surface area contributed by atoms with Crippen LogP contribution in [0.5, 0.6) is 0 Å². The Morgan fingerprint density at radius 3 is 1.47 bits per heavy atom. The van der Waals surface area contributed by atoms with Crippen molar-refractivity contribution in [3.63, 3.8) is 0 Å². The van der Waals surface area contributed by atoms with Crippen molar-refractivity contribution < 1.29 is 40.5 Å². The van der Waals surface area contributed by atoms with E-state index < -0.39 is 52.5 Å². The van der Waals surface area contributed by atoms with Crippen molar-refractivity contribution in [2.75, 3.05) is 0 Å². The summed E-state index contributed by atoms with van der Waals surface area (Å²) in [6.07, 6.45) is -10.3. The van der Waals surface area contributed by atoms with Gasteiger partial charge in [-0.3, -0.25) is 9.59 Å². The lowest BCUT2D eigenvalue weighted by Crippen LogP contribution is -2.26. The van der Waals surface area contributed by atoms with E-state index in [4.69, 9.17) is 0 Å². The minimum atomic E-state index is -5.38. The number of halogens is 6. The van der Waals surface area contributed by atoms with Gasteiger partial charge >= 0.3 is 12.4 Å². The van der Waals surface area contributed by atoms with Gasteiger partial charge in [0.2, 0.25) is 18.2 Å². The molecule has 0 fully saturated rings. The maximum Gasteiger partial charge on any atom is 0.417 e. The van der Waals surface area contributed by atoms with Crippen LogP contribution < -0.4 is 5.30 Å². The van der Waals surface area contributed by atoms with Crippen molar-refractivity contribution in [3.8, 4) is 0 Å². The predicted molar refractivity (Wildman–Crippen MR) is 124 cm³/mol. The number of rotatable bonds is 7. The molecule has 0 aliphatic heterocycles. The minimum Gasteiger partial charge on any atom is -0.302 e. The fourth-order valence-electron chi connectivity index (χ4n) is 4.05. The number of alkyl halides is 6. The molecule has 0 heterocycles. The summed E-state index contributed by atoms with van der Waals surface area (Å²) in [5.74, 6) is 0. The maximum absolute atomic E-state index is 14.5. The van der Waals surface area contributed by atoms with Crippen molar-refractivity contribution in [2.45, 2.75) is 39.0 Å². The molecule has 0 amide bonds. The van der Waals surface area contributed by atoms with Gasteiger partial charge < -0.3 is 4.57 Å². The standard InChI is InChI=1S/C26H21F6O3P/c1-3-16-10-8-11-17(4-2)21(16)23(33)36(35,18-12-6-5-7-13-18)24(34)22-19(25(27,28)29)14-9-15-20(22)26(30,31)32/h5-15H,3-4H2,1-2H3. The number of carbonyl (C=O) groups is 2. The van der Waals surface area contributed by atoms with Crippen LogP contribution in [0.25, 0.3) is 0 Å². The predicted octanol–water partition coefficient (Wildman–Crippen LogP) is 7.52. The first kappa shape index (κ1) is 27.4. The summed E-state index contributed by atoms with van der Waals surface area (Å²) in [6.45, 7) is 3.36. The maximum atomic E-state index is 14.5. The molecule has 0 bridgehead atoms. The third-order valence-electron chi connectivity index (χ3n) is 5.79. The highest BCUT2D eigenvalue weighted by Gasteiger charge is 2.50. The van der Waals surface area contributed by atoms with E-state index in [1.54, 1.807) is 19.9 Å². The molecule has 0 saturated carbocycles. The van der Waals surface area contributed by atoms with Crippen LogP contribution in [0.15, 0.2) is 66.7 Å². The van der Waals surface area contributed by atoms with E-state index in [0.717, 1.165) is 12.1 Å². The Hall–Kier alpha value is -3.19. The smallest absolute Gasteiger partial charge is 0.302 e. The summed E-state index contributed by atoms with van der Waals surface area (Å²) in [5.41, 5.74) is -8.32. The van der Waals surface area contributed by atoms with Gasteiger partial charge in [-0.05, 0) is 36.1 Å². The topological polar surface area (TPSA) is 51.2 Å². The average molecular weight is 526 g/mol. The summed E-state index contributed by atoms with van der Waals surface area (Å²) in [6, 6.07) is 12.1. The van der Waals surface area contributed by atoms with Crippen molar-refractivity contribution >= 4 is 23.5 Å². The molecule has 3 aromatic carbocycles. The van der Waals surface area contributed by atoms with E-state index in [0.29, 0.717) is 29.3 Å². The van der Waals surface area contributed by atoms with E-state index in [1.165, 1.54) is 30.3 Å². The molecular weight excluding hydrogens is 505 g/mol. The summed E-state index contributed by atoms with van der Waals surface area (Å²) in [5, 5.41) is -0.446. The quantitative estimate of drug-likeness (QED) is 0.236. The van der Waals surface area contributed by atoms with Crippen LogP contribution in [0.3, 0.4) is 0 Å². The van der Waals surface area contributed by atoms with E-state index >= 15 is 0 Å². The second-order valence-electron chi connectivity index (χ2n) is 7.94. The molecule has 190 valence electrons. The van der Waals surface area contributed by atoms with Crippen molar-refractivity contribution in [1.29, 1.82) is 0 Å². The molecule has 3 aromatic rings. The van der Waals surface area contributed by atoms with Crippen LogP contribution in [0.1, 0.15) is 56.8 Å². The summed E-state index contributed by atoms with van der Waals surface area (Å²) in [4.78, 5) is 27.6. The summed E-state index contributed by atoms with van der Waals surface area (Å²) in [7, 11) is -5.25. The Balaban J connectivity index is 2.44. The average Bonchev–Trinajstić information content (AvgIpc) is 2.85. The molecule has 0 N–H and O–H groups in total. The largest absolute Gasteiger partial charge is 0.417 e. The Bertz CT molecular complexity index is 1290. The molecule has 0 radical (unpaired) electrons. The lowest BCUT2D eigenvalue weighted by molar-refractivity contribution is -0.143. The summed E-state index contributed by atoms with van der Waals surface area (Å²) >= 11 is 0. The van der Waals surface area contributed by atoms with Crippen LogP contribution >= 0.6 is 7.14 Å². The number of benzene rings is 3. The third-order valence-corrected chi connectivity index (χ3v) is 8.41. The molecule has 3 rings (SSSR count). The van der Waals surface area contributed by atoms with E-state index in [9.17, 15) is 40.5 Å². The molecule has 10 heteroatoms. The van der Waals surface area contributed by atoms with Crippen LogP contribution in [0, 0.1) is 0 Å². The second kappa shape index (κ2) is 10.1. The van der Waals surface area contributed by atoms with Crippen molar-refractivity contribution in [3.05, 3.63) is 100 Å². The summed E-state index contributed by atoms with van der Waals surface area (Å²) < 4.78 is 97.5. The first-order chi connectivity index (χ1) is 16.8. The molecule has 36 heavy (non-hydrogen) atoms. The zero-order valence-corrected chi connectivity index (χ0v) is 20.1. The molecular formula is C26H21F6O3P. The molecule has 0 spiro atoms. The Morgan fingerprint density at radius 2 is 1.06 bits per heavy atom. The zero-order chi connectivity index (χ0) is 26.9. The molecule has 0 aliphatic rings. The van der Waals surface area contributed by atoms with Gasteiger partial charge in [-0.15, -0.1) is 0 Å². The van der Waals surface area contributed by atoms with Crippen LogP contribution in [0.4, 0.5) is 26.3 Å². The minimum absolute atomic E-state index is 0.124. The van der Waals surface area contributed by atoms with Gasteiger partial charge in [0.1, 0.15) is 0 Å². The fourth-order valence-corrected chi connectivity index (χ4v) is 6.46. The van der Waals surface area contributed by atoms with Crippen LogP contribution in [-0.2, 0) is 29.8 Å². The van der Waals surface area contributed by atoms with Gasteiger partial charge in [0.25, 0.3) is 0 Å². The Kier molecular flexibility index (Phi) is 7.65. The number of carbonyl (C=O) groups excluding carboxylic acids is 2. The van der Waals surface area contributed by atoms with E-state index in [1.807, 2.05) is 0 Å². The first-order valence-electron chi connectivity index (χ1n) is 10.9. The van der Waals surface area contributed by atoms with Gasteiger partial charge in [-0.25, -0.2) is 0 Å². The van der Waals surface area contributed by atoms with Crippen LogP contribution in [0.2, 0.25) is 0 Å². The van der Waals surface area contributed by atoms with Crippen LogP contribution in [-0.4, -0.2) is 11.0 Å². The molecule has 1 unspecified atom stereocenters. The Labute approximate surface area is 203 Å². The SMILES string of the molecule is CCc1cccc(CC)c1C(=O)P(=O)(C(=O)c1c(C(F)(F)F)cccc1C(F)(F)F)c1ccccc1. The zero-order valence-electron chi connectivity index (χ0n) is 19.2. The number of hydrogen-bond donors (Lipinski definition) is 0. The highest BCUT2D eigenvalue weighted by atomic mass is 31.2. The van der Waals surface area contributed by atoms with Gasteiger partial charge in [-0.2, -0.15) is 26.3 Å². The molecule has 1 atom stereocenters.